The first-order valence-electron chi connectivity index (χ1n) is 5.84. The number of esters is 1. The van der Waals surface area contributed by atoms with E-state index in [2.05, 4.69) is 11.9 Å². The topological polar surface area (TPSA) is 52.3 Å². The second-order valence-corrected chi connectivity index (χ2v) is 4.22. The summed E-state index contributed by atoms with van der Waals surface area (Å²) in [7, 11) is 0. The summed E-state index contributed by atoms with van der Waals surface area (Å²) in [4.78, 5) is 16.0. The summed E-state index contributed by atoms with van der Waals surface area (Å²) in [5, 5.41) is 0. The van der Waals surface area contributed by atoms with Crippen LogP contribution in [-0.2, 0) is 11.2 Å². The molecule has 1 aromatic rings. The summed E-state index contributed by atoms with van der Waals surface area (Å²) in [6, 6.07) is 0. The van der Waals surface area contributed by atoms with Gasteiger partial charge in [0, 0.05) is 5.92 Å². The highest BCUT2D eigenvalue weighted by Gasteiger charge is 2.39. The van der Waals surface area contributed by atoms with Gasteiger partial charge < -0.3 is 9.15 Å². The maximum absolute atomic E-state index is 11.6. The van der Waals surface area contributed by atoms with Gasteiger partial charge in [-0.15, -0.1) is 0 Å². The van der Waals surface area contributed by atoms with Crippen LogP contribution in [-0.4, -0.2) is 17.6 Å². The van der Waals surface area contributed by atoms with Crippen molar-refractivity contribution in [1.29, 1.82) is 0 Å². The molecule has 1 fully saturated rings. The molecule has 0 N–H and O–H groups in total. The minimum Gasteiger partial charge on any atom is -0.460 e. The number of nitrogens with zero attached hydrogens (tertiary/aromatic N) is 1. The van der Waals surface area contributed by atoms with Gasteiger partial charge in [-0.25, -0.2) is 9.78 Å². The second kappa shape index (κ2) is 4.28. The van der Waals surface area contributed by atoms with Crippen LogP contribution in [0.3, 0.4) is 0 Å². The lowest BCUT2D eigenvalue weighted by molar-refractivity contribution is 0.0486. The minimum atomic E-state index is -0.397. The quantitative estimate of drug-likeness (QED) is 0.736. The Balaban J connectivity index is 2.22. The summed E-state index contributed by atoms with van der Waals surface area (Å²) in [6.45, 7) is 6.26. The molecule has 1 aromatic heterocycles. The van der Waals surface area contributed by atoms with Gasteiger partial charge in [0.15, 0.2) is 5.89 Å². The van der Waals surface area contributed by atoms with Crippen LogP contribution < -0.4 is 0 Å². The van der Waals surface area contributed by atoms with Gasteiger partial charge in [-0.3, -0.25) is 0 Å². The number of carbonyl (C=O) groups excluding carboxylic acids is 1. The average Bonchev–Trinajstić information content (AvgIpc) is 2.83. The third kappa shape index (κ3) is 1.96. The first-order chi connectivity index (χ1) is 7.67. The summed E-state index contributed by atoms with van der Waals surface area (Å²) < 4.78 is 10.5. The number of carbonyl (C=O) groups is 1. The van der Waals surface area contributed by atoms with E-state index in [9.17, 15) is 4.79 Å². The summed E-state index contributed by atoms with van der Waals surface area (Å²) in [5.41, 5.74) is 0.715. The molecule has 1 heterocycles. The maximum Gasteiger partial charge on any atom is 0.376 e. The van der Waals surface area contributed by atoms with Crippen LogP contribution in [0, 0.1) is 5.92 Å². The van der Waals surface area contributed by atoms with Crippen molar-refractivity contribution in [3.8, 4) is 0 Å². The molecule has 4 heteroatoms. The van der Waals surface area contributed by atoms with Gasteiger partial charge in [0.25, 0.3) is 0 Å². The number of rotatable bonds is 4. The van der Waals surface area contributed by atoms with E-state index in [1.54, 1.807) is 6.92 Å². The number of oxazole rings is 1. The fourth-order valence-corrected chi connectivity index (χ4v) is 1.79. The molecule has 0 aliphatic heterocycles. The normalized spacial score (nSPS) is 23.2. The Labute approximate surface area is 95.0 Å². The molecule has 0 bridgehead atoms. The molecule has 0 radical (unpaired) electrons. The van der Waals surface area contributed by atoms with E-state index >= 15 is 0 Å². The van der Waals surface area contributed by atoms with Crippen molar-refractivity contribution in [2.24, 2.45) is 5.92 Å². The van der Waals surface area contributed by atoms with Crippen molar-refractivity contribution in [3.05, 3.63) is 17.3 Å². The smallest absolute Gasteiger partial charge is 0.376 e. The number of aromatic nitrogens is 1. The van der Waals surface area contributed by atoms with Gasteiger partial charge in [0.1, 0.15) is 0 Å². The monoisotopic (exact) mass is 223 g/mol. The van der Waals surface area contributed by atoms with Crippen molar-refractivity contribution >= 4 is 5.97 Å². The van der Waals surface area contributed by atoms with Gasteiger partial charge in [-0.2, -0.15) is 0 Å². The molecule has 4 nitrogen and oxygen atoms in total. The summed E-state index contributed by atoms with van der Waals surface area (Å²) in [6.07, 6.45) is 1.80. The van der Waals surface area contributed by atoms with Crippen LogP contribution in [0.2, 0.25) is 0 Å². The minimum absolute atomic E-state index is 0.290. The third-order valence-electron chi connectivity index (χ3n) is 2.94. The van der Waals surface area contributed by atoms with Crippen molar-refractivity contribution in [1.82, 2.24) is 4.98 Å². The molecule has 0 aromatic carbocycles. The van der Waals surface area contributed by atoms with E-state index in [1.165, 1.54) is 0 Å². The molecule has 1 saturated carbocycles. The Bertz CT molecular complexity index is 397. The molecule has 1 aliphatic rings. The molecule has 2 rings (SSSR count). The first-order valence-corrected chi connectivity index (χ1v) is 5.84. The van der Waals surface area contributed by atoms with E-state index < -0.39 is 5.97 Å². The zero-order valence-corrected chi connectivity index (χ0v) is 9.95. The number of ether oxygens (including phenoxy) is 1. The standard InChI is InChI=1S/C12H17NO3/c1-4-9-10(12(14)15-5-2)16-11(13-9)8-6-7(8)3/h7-8H,4-6H2,1-3H3. The zero-order valence-electron chi connectivity index (χ0n) is 9.95. The fourth-order valence-electron chi connectivity index (χ4n) is 1.79. The lowest BCUT2D eigenvalue weighted by Crippen LogP contribution is -2.05. The molecular formula is C12H17NO3. The highest BCUT2D eigenvalue weighted by Crippen LogP contribution is 2.46. The SMILES string of the molecule is CCOC(=O)c1oc(C2CC2C)nc1CC. The predicted octanol–water partition coefficient (Wildman–Crippen LogP) is 2.54. The van der Waals surface area contributed by atoms with E-state index in [0.717, 1.165) is 6.42 Å². The van der Waals surface area contributed by atoms with Crippen molar-refractivity contribution in [3.63, 3.8) is 0 Å². The maximum atomic E-state index is 11.6. The van der Waals surface area contributed by atoms with Crippen LogP contribution in [0.5, 0.6) is 0 Å². The Morgan fingerprint density at radius 1 is 1.56 bits per heavy atom. The Kier molecular flexibility index (Phi) is 2.99. The van der Waals surface area contributed by atoms with E-state index in [4.69, 9.17) is 9.15 Å². The highest BCUT2D eigenvalue weighted by molar-refractivity contribution is 5.87. The Hall–Kier alpha value is -1.32. The van der Waals surface area contributed by atoms with Crippen molar-refractivity contribution in [2.45, 2.75) is 39.5 Å². The van der Waals surface area contributed by atoms with E-state index in [1.807, 2.05) is 6.92 Å². The molecule has 88 valence electrons. The molecular weight excluding hydrogens is 206 g/mol. The van der Waals surface area contributed by atoms with Gasteiger partial charge >= 0.3 is 5.97 Å². The van der Waals surface area contributed by atoms with Crippen molar-refractivity contribution < 1.29 is 13.9 Å². The lowest BCUT2D eigenvalue weighted by Gasteiger charge is -1.98. The summed E-state index contributed by atoms with van der Waals surface area (Å²) in [5.74, 6) is 1.61. The number of aryl methyl sites for hydroxylation is 1. The van der Waals surface area contributed by atoms with Gasteiger partial charge in [0.2, 0.25) is 5.76 Å². The van der Waals surface area contributed by atoms with Crippen molar-refractivity contribution in [2.75, 3.05) is 6.61 Å². The Morgan fingerprint density at radius 3 is 2.75 bits per heavy atom. The Morgan fingerprint density at radius 2 is 2.25 bits per heavy atom. The largest absolute Gasteiger partial charge is 0.460 e. The molecule has 16 heavy (non-hydrogen) atoms. The lowest BCUT2D eigenvalue weighted by atomic mass is 10.3. The molecule has 1 aliphatic carbocycles. The van der Waals surface area contributed by atoms with Crippen LogP contribution >= 0.6 is 0 Å². The first kappa shape index (κ1) is 11.2. The number of hydrogen-bond acceptors (Lipinski definition) is 4. The molecule has 2 atom stereocenters. The van der Waals surface area contributed by atoms with Crippen LogP contribution in [0.4, 0.5) is 0 Å². The molecule has 0 spiro atoms. The highest BCUT2D eigenvalue weighted by atomic mass is 16.5. The summed E-state index contributed by atoms with van der Waals surface area (Å²) >= 11 is 0. The van der Waals surface area contributed by atoms with Gasteiger partial charge in [-0.1, -0.05) is 13.8 Å². The predicted molar refractivity (Wildman–Crippen MR) is 58.4 cm³/mol. The van der Waals surface area contributed by atoms with E-state index in [0.29, 0.717) is 42.2 Å². The van der Waals surface area contributed by atoms with E-state index in [-0.39, 0.29) is 0 Å². The molecule has 2 unspecified atom stereocenters. The van der Waals surface area contributed by atoms with Crippen LogP contribution in [0.15, 0.2) is 4.42 Å². The van der Waals surface area contributed by atoms with Gasteiger partial charge in [-0.05, 0) is 25.7 Å². The molecule has 0 amide bonds. The second-order valence-electron chi connectivity index (χ2n) is 4.22. The van der Waals surface area contributed by atoms with Crippen LogP contribution in [0.25, 0.3) is 0 Å². The van der Waals surface area contributed by atoms with Gasteiger partial charge in [0.05, 0.1) is 12.3 Å². The third-order valence-corrected chi connectivity index (χ3v) is 2.94. The average molecular weight is 223 g/mol. The fraction of sp³-hybridized carbons (Fsp3) is 0.667. The number of hydrogen-bond donors (Lipinski definition) is 0. The van der Waals surface area contributed by atoms with Crippen LogP contribution in [0.1, 0.15) is 55.2 Å². The molecule has 0 saturated heterocycles. The zero-order chi connectivity index (χ0) is 11.7.